The van der Waals surface area contributed by atoms with Crippen LogP contribution in [0.3, 0.4) is 0 Å². The van der Waals surface area contributed by atoms with Crippen molar-refractivity contribution < 1.29 is 4.79 Å². The van der Waals surface area contributed by atoms with Crippen LogP contribution in [0.1, 0.15) is 20.8 Å². The SMILES string of the molecule is CN(C)C(=O)c1ccc(-c2cccc3c2CCNC3)s1. The van der Waals surface area contributed by atoms with Crippen LogP contribution in [0.5, 0.6) is 0 Å². The Morgan fingerprint density at radius 2 is 2.10 bits per heavy atom. The largest absolute Gasteiger partial charge is 0.344 e. The van der Waals surface area contributed by atoms with E-state index in [1.165, 1.54) is 21.6 Å². The molecule has 3 nitrogen and oxygen atoms in total. The fraction of sp³-hybridized carbons (Fsp3) is 0.312. The van der Waals surface area contributed by atoms with Gasteiger partial charge in [-0.2, -0.15) is 0 Å². The lowest BCUT2D eigenvalue weighted by atomic mass is 9.95. The van der Waals surface area contributed by atoms with E-state index in [4.69, 9.17) is 0 Å². The number of fused-ring (bicyclic) bond motifs is 1. The number of nitrogens with zero attached hydrogens (tertiary/aromatic N) is 1. The summed E-state index contributed by atoms with van der Waals surface area (Å²) in [7, 11) is 3.58. The molecular formula is C16H18N2OS. The molecule has 20 heavy (non-hydrogen) atoms. The Bertz CT molecular complexity index is 646. The van der Waals surface area contributed by atoms with Crippen molar-refractivity contribution in [3.05, 3.63) is 46.3 Å². The van der Waals surface area contributed by atoms with E-state index in [-0.39, 0.29) is 5.91 Å². The van der Waals surface area contributed by atoms with E-state index in [9.17, 15) is 4.79 Å². The molecule has 1 aliphatic rings. The minimum atomic E-state index is 0.0766. The Kier molecular flexibility index (Phi) is 3.59. The monoisotopic (exact) mass is 286 g/mol. The molecule has 0 saturated heterocycles. The van der Waals surface area contributed by atoms with Gasteiger partial charge in [0.05, 0.1) is 4.88 Å². The van der Waals surface area contributed by atoms with Crippen LogP contribution in [-0.2, 0) is 13.0 Å². The molecule has 0 bridgehead atoms. The molecule has 2 aromatic rings. The number of nitrogens with one attached hydrogen (secondary N) is 1. The van der Waals surface area contributed by atoms with Gasteiger partial charge in [0.2, 0.25) is 0 Å². The molecule has 1 aromatic carbocycles. The number of carbonyl (C=O) groups excluding carboxylic acids is 1. The molecule has 0 radical (unpaired) electrons. The maximum atomic E-state index is 12.0. The van der Waals surface area contributed by atoms with Gasteiger partial charge in [-0.25, -0.2) is 0 Å². The molecule has 104 valence electrons. The van der Waals surface area contributed by atoms with Gasteiger partial charge in [0.1, 0.15) is 0 Å². The molecule has 1 N–H and O–H groups in total. The molecule has 0 atom stereocenters. The summed E-state index contributed by atoms with van der Waals surface area (Å²) in [4.78, 5) is 15.6. The molecule has 1 aromatic heterocycles. The first-order valence-corrected chi connectivity index (χ1v) is 7.62. The minimum Gasteiger partial charge on any atom is -0.344 e. The molecule has 2 heterocycles. The lowest BCUT2D eigenvalue weighted by Crippen LogP contribution is -2.23. The lowest BCUT2D eigenvalue weighted by molar-refractivity contribution is 0.0832. The molecule has 1 amide bonds. The van der Waals surface area contributed by atoms with Crippen LogP contribution in [0, 0.1) is 0 Å². The third kappa shape index (κ3) is 2.37. The number of carbonyl (C=O) groups is 1. The van der Waals surface area contributed by atoms with Gasteiger partial charge in [0, 0.05) is 25.5 Å². The number of rotatable bonds is 2. The first-order valence-electron chi connectivity index (χ1n) is 6.80. The predicted octanol–water partition coefficient (Wildman–Crippen LogP) is 2.76. The highest BCUT2D eigenvalue weighted by molar-refractivity contribution is 7.17. The number of amides is 1. The summed E-state index contributed by atoms with van der Waals surface area (Å²) in [6.45, 7) is 1.97. The summed E-state index contributed by atoms with van der Waals surface area (Å²) in [5.74, 6) is 0.0766. The van der Waals surface area contributed by atoms with Crippen LogP contribution in [-0.4, -0.2) is 31.4 Å². The molecule has 0 unspecified atom stereocenters. The number of hydrogen-bond donors (Lipinski definition) is 1. The van der Waals surface area contributed by atoms with E-state index in [2.05, 4.69) is 29.6 Å². The second kappa shape index (κ2) is 5.38. The smallest absolute Gasteiger partial charge is 0.263 e. The first-order chi connectivity index (χ1) is 9.66. The normalized spacial score (nSPS) is 13.9. The standard InChI is InChI=1S/C16H18N2OS/c1-18(2)16(19)15-7-6-14(20-15)13-5-3-4-11-10-17-9-8-12(11)13/h3-7,17H,8-10H2,1-2H3. The number of hydrogen-bond acceptors (Lipinski definition) is 3. The molecule has 0 saturated carbocycles. The van der Waals surface area contributed by atoms with Crippen molar-refractivity contribution in [2.75, 3.05) is 20.6 Å². The van der Waals surface area contributed by atoms with E-state index in [0.717, 1.165) is 24.4 Å². The second-order valence-corrected chi connectivity index (χ2v) is 6.32. The third-order valence-corrected chi connectivity index (χ3v) is 4.74. The zero-order chi connectivity index (χ0) is 14.1. The Morgan fingerprint density at radius 3 is 2.90 bits per heavy atom. The Balaban J connectivity index is 2.00. The summed E-state index contributed by atoms with van der Waals surface area (Å²) in [5.41, 5.74) is 4.09. The van der Waals surface area contributed by atoms with Crippen molar-refractivity contribution >= 4 is 17.2 Å². The van der Waals surface area contributed by atoms with Crippen molar-refractivity contribution in [1.29, 1.82) is 0 Å². The predicted molar refractivity (Wildman–Crippen MR) is 83.2 cm³/mol. The van der Waals surface area contributed by atoms with Gasteiger partial charge in [-0.15, -0.1) is 11.3 Å². The van der Waals surface area contributed by atoms with Crippen LogP contribution in [0.15, 0.2) is 30.3 Å². The molecule has 0 aliphatic carbocycles. The summed E-state index contributed by atoms with van der Waals surface area (Å²) in [6, 6.07) is 10.5. The lowest BCUT2D eigenvalue weighted by Gasteiger charge is -2.19. The van der Waals surface area contributed by atoms with Crippen LogP contribution in [0.2, 0.25) is 0 Å². The second-order valence-electron chi connectivity index (χ2n) is 5.23. The molecule has 1 aliphatic heterocycles. The van der Waals surface area contributed by atoms with Gasteiger partial charge in [-0.05, 0) is 41.8 Å². The van der Waals surface area contributed by atoms with Gasteiger partial charge in [0.15, 0.2) is 0 Å². The Morgan fingerprint density at radius 1 is 1.25 bits per heavy atom. The van der Waals surface area contributed by atoms with E-state index < -0.39 is 0 Å². The van der Waals surface area contributed by atoms with E-state index in [0.29, 0.717) is 0 Å². The van der Waals surface area contributed by atoms with Crippen molar-refractivity contribution in [2.45, 2.75) is 13.0 Å². The fourth-order valence-electron chi connectivity index (χ4n) is 2.58. The van der Waals surface area contributed by atoms with Crippen molar-refractivity contribution in [2.24, 2.45) is 0 Å². The van der Waals surface area contributed by atoms with Gasteiger partial charge in [-0.3, -0.25) is 4.79 Å². The molecule has 0 spiro atoms. The van der Waals surface area contributed by atoms with Crippen molar-refractivity contribution in [3.63, 3.8) is 0 Å². The average Bonchev–Trinajstić information content (AvgIpc) is 2.95. The van der Waals surface area contributed by atoms with Gasteiger partial charge in [0.25, 0.3) is 5.91 Å². The van der Waals surface area contributed by atoms with E-state index >= 15 is 0 Å². The van der Waals surface area contributed by atoms with Crippen LogP contribution < -0.4 is 5.32 Å². The topological polar surface area (TPSA) is 32.3 Å². The summed E-state index contributed by atoms with van der Waals surface area (Å²) in [5, 5.41) is 3.40. The summed E-state index contributed by atoms with van der Waals surface area (Å²) >= 11 is 1.58. The first kappa shape index (κ1) is 13.3. The Hall–Kier alpha value is -1.65. The minimum absolute atomic E-state index is 0.0766. The molecule has 4 heteroatoms. The molecular weight excluding hydrogens is 268 g/mol. The average molecular weight is 286 g/mol. The van der Waals surface area contributed by atoms with Crippen molar-refractivity contribution in [3.8, 4) is 10.4 Å². The van der Waals surface area contributed by atoms with Crippen LogP contribution in [0.25, 0.3) is 10.4 Å². The Labute approximate surface area is 123 Å². The molecule has 0 fully saturated rings. The highest BCUT2D eigenvalue weighted by atomic mass is 32.1. The van der Waals surface area contributed by atoms with Gasteiger partial charge in [-0.1, -0.05) is 18.2 Å². The van der Waals surface area contributed by atoms with Gasteiger partial charge < -0.3 is 10.2 Å². The zero-order valence-electron chi connectivity index (χ0n) is 11.8. The quantitative estimate of drug-likeness (QED) is 0.920. The maximum Gasteiger partial charge on any atom is 0.263 e. The maximum absolute atomic E-state index is 12.0. The van der Waals surface area contributed by atoms with E-state index in [1.807, 2.05) is 6.07 Å². The third-order valence-electron chi connectivity index (χ3n) is 3.63. The van der Waals surface area contributed by atoms with Crippen molar-refractivity contribution in [1.82, 2.24) is 10.2 Å². The number of thiophene rings is 1. The summed E-state index contributed by atoms with van der Waals surface area (Å²) in [6.07, 6.45) is 1.06. The zero-order valence-corrected chi connectivity index (χ0v) is 12.6. The highest BCUT2D eigenvalue weighted by Crippen LogP contribution is 2.33. The molecule has 3 rings (SSSR count). The number of benzene rings is 1. The van der Waals surface area contributed by atoms with Gasteiger partial charge >= 0.3 is 0 Å². The van der Waals surface area contributed by atoms with Crippen LogP contribution >= 0.6 is 11.3 Å². The van der Waals surface area contributed by atoms with E-state index in [1.54, 1.807) is 30.3 Å². The fourth-order valence-corrected chi connectivity index (χ4v) is 3.66. The highest BCUT2D eigenvalue weighted by Gasteiger charge is 2.17. The summed E-state index contributed by atoms with van der Waals surface area (Å²) < 4.78 is 0. The van der Waals surface area contributed by atoms with Crippen LogP contribution in [0.4, 0.5) is 0 Å².